The fourth-order valence-electron chi connectivity index (χ4n) is 3.30. The second kappa shape index (κ2) is 13.1. The summed E-state index contributed by atoms with van der Waals surface area (Å²) in [5, 5.41) is 4.78. The molecule has 3 aromatic carbocycles. The first-order valence-corrected chi connectivity index (χ1v) is 11.5. The van der Waals surface area contributed by atoms with Gasteiger partial charge in [0.2, 0.25) is 5.91 Å². The normalized spacial score (nSPS) is 10.8. The van der Waals surface area contributed by atoms with Crippen LogP contribution < -0.4 is 20.1 Å². The molecule has 0 atom stereocenters. The highest BCUT2D eigenvalue weighted by atomic mass is 19.4. The number of carbonyl (C=O) groups excluding carboxylic acids is 3. The van der Waals surface area contributed by atoms with Gasteiger partial charge in [0.25, 0.3) is 5.91 Å². The van der Waals surface area contributed by atoms with Crippen LogP contribution in [0.3, 0.4) is 0 Å². The first kappa shape index (κ1) is 28.0. The van der Waals surface area contributed by atoms with E-state index in [1.165, 1.54) is 12.1 Å². The Bertz CT molecular complexity index is 1260. The maximum absolute atomic E-state index is 13.0. The van der Waals surface area contributed by atoms with Crippen LogP contribution in [0.5, 0.6) is 17.2 Å². The third-order valence-electron chi connectivity index (χ3n) is 5.09. The van der Waals surface area contributed by atoms with E-state index in [1.807, 2.05) is 12.1 Å². The lowest BCUT2D eigenvalue weighted by Crippen LogP contribution is -2.22. The van der Waals surface area contributed by atoms with Gasteiger partial charge in [0, 0.05) is 18.5 Å². The number of esters is 1. The molecule has 0 heterocycles. The Hall–Kier alpha value is -4.54. The van der Waals surface area contributed by atoms with Crippen LogP contribution >= 0.6 is 0 Å². The SMILES string of the molecule is COc1ccccc1Oc1ccc(NC(=O)CCCC(=O)OCC(=O)Nc2ccccc2C(F)(F)F)cc1. The van der Waals surface area contributed by atoms with Crippen LogP contribution in [0.15, 0.2) is 72.8 Å². The van der Waals surface area contributed by atoms with Crippen molar-refractivity contribution >= 4 is 29.2 Å². The Morgan fingerprint density at radius 2 is 1.45 bits per heavy atom. The lowest BCUT2D eigenvalue weighted by Gasteiger charge is -2.13. The van der Waals surface area contributed by atoms with Crippen molar-refractivity contribution < 1.29 is 41.8 Å². The van der Waals surface area contributed by atoms with Crippen LogP contribution in [-0.2, 0) is 25.3 Å². The predicted octanol–water partition coefficient (Wildman–Crippen LogP) is 5.80. The highest BCUT2D eigenvalue weighted by Crippen LogP contribution is 2.34. The third-order valence-corrected chi connectivity index (χ3v) is 5.09. The number of nitrogens with one attached hydrogen (secondary N) is 2. The Balaban J connectivity index is 1.37. The molecule has 0 saturated heterocycles. The molecule has 8 nitrogen and oxygen atoms in total. The topological polar surface area (TPSA) is 103 Å². The van der Waals surface area contributed by atoms with E-state index in [1.54, 1.807) is 43.5 Å². The monoisotopic (exact) mass is 530 g/mol. The second-order valence-corrected chi connectivity index (χ2v) is 7.93. The second-order valence-electron chi connectivity index (χ2n) is 7.93. The van der Waals surface area contributed by atoms with Gasteiger partial charge in [0.1, 0.15) is 5.75 Å². The molecule has 2 N–H and O–H groups in total. The molecular weight excluding hydrogens is 505 g/mol. The smallest absolute Gasteiger partial charge is 0.418 e. The Morgan fingerprint density at radius 1 is 0.789 bits per heavy atom. The van der Waals surface area contributed by atoms with E-state index in [2.05, 4.69) is 10.6 Å². The number of para-hydroxylation sites is 3. The van der Waals surface area contributed by atoms with Crippen molar-refractivity contribution in [2.75, 3.05) is 24.4 Å². The molecule has 0 radical (unpaired) electrons. The molecule has 3 aromatic rings. The quantitative estimate of drug-likeness (QED) is 0.304. The zero-order chi connectivity index (χ0) is 27.5. The zero-order valence-corrected chi connectivity index (χ0v) is 20.3. The molecule has 0 unspecified atom stereocenters. The van der Waals surface area contributed by atoms with Crippen LogP contribution in [-0.4, -0.2) is 31.5 Å². The molecule has 11 heteroatoms. The van der Waals surface area contributed by atoms with E-state index < -0.39 is 35.9 Å². The number of alkyl halides is 3. The molecule has 0 aromatic heterocycles. The van der Waals surface area contributed by atoms with Gasteiger partial charge in [-0.3, -0.25) is 14.4 Å². The number of hydrogen-bond donors (Lipinski definition) is 2. The summed E-state index contributed by atoms with van der Waals surface area (Å²) in [5.41, 5.74) is -0.915. The van der Waals surface area contributed by atoms with Crippen molar-refractivity contribution in [3.63, 3.8) is 0 Å². The van der Waals surface area contributed by atoms with Gasteiger partial charge in [-0.25, -0.2) is 0 Å². The molecule has 0 saturated carbocycles. The van der Waals surface area contributed by atoms with Gasteiger partial charge in [0.15, 0.2) is 18.1 Å². The van der Waals surface area contributed by atoms with E-state index in [9.17, 15) is 27.6 Å². The Morgan fingerprint density at radius 3 is 2.13 bits per heavy atom. The summed E-state index contributed by atoms with van der Waals surface area (Å²) >= 11 is 0. The number of rotatable bonds is 11. The maximum Gasteiger partial charge on any atom is 0.418 e. The van der Waals surface area contributed by atoms with Gasteiger partial charge in [0.05, 0.1) is 18.4 Å². The van der Waals surface area contributed by atoms with E-state index in [0.717, 1.165) is 12.1 Å². The van der Waals surface area contributed by atoms with Gasteiger partial charge in [-0.1, -0.05) is 24.3 Å². The van der Waals surface area contributed by atoms with Gasteiger partial charge in [-0.15, -0.1) is 0 Å². The minimum absolute atomic E-state index is 0.0136. The van der Waals surface area contributed by atoms with E-state index >= 15 is 0 Å². The fraction of sp³-hybridized carbons (Fsp3) is 0.222. The lowest BCUT2D eigenvalue weighted by atomic mass is 10.1. The van der Waals surface area contributed by atoms with Crippen molar-refractivity contribution in [2.45, 2.75) is 25.4 Å². The van der Waals surface area contributed by atoms with E-state index in [-0.39, 0.29) is 25.2 Å². The van der Waals surface area contributed by atoms with Gasteiger partial charge < -0.3 is 24.8 Å². The van der Waals surface area contributed by atoms with Crippen LogP contribution in [0.4, 0.5) is 24.5 Å². The summed E-state index contributed by atoms with van der Waals surface area (Å²) < 4.78 is 54.8. The largest absolute Gasteiger partial charge is 0.493 e. The van der Waals surface area contributed by atoms with Crippen molar-refractivity contribution in [1.82, 2.24) is 0 Å². The number of carbonyl (C=O) groups is 3. The van der Waals surface area contributed by atoms with Crippen LogP contribution in [0, 0.1) is 0 Å². The van der Waals surface area contributed by atoms with Crippen molar-refractivity contribution in [3.05, 3.63) is 78.4 Å². The summed E-state index contributed by atoms with van der Waals surface area (Å²) in [5.74, 6) is -0.335. The number of methoxy groups -OCH3 is 1. The number of halogens is 3. The van der Waals surface area contributed by atoms with Crippen LogP contribution in [0.25, 0.3) is 0 Å². The number of ether oxygens (including phenoxy) is 3. The summed E-state index contributed by atoms with van der Waals surface area (Å²) in [6.07, 6.45) is -4.63. The molecule has 0 aliphatic rings. The molecule has 200 valence electrons. The minimum Gasteiger partial charge on any atom is -0.493 e. The summed E-state index contributed by atoms with van der Waals surface area (Å²) in [6, 6.07) is 18.3. The Labute approximate surface area is 216 Å². The maximum atomic E-state index is 13.0. The van der Waals surface area contributed by atoms with Crippen molar-refractivity contribution in [1.29, 1.82) is 0 Å². The van der Waals surface area contributed by atoms with Gasteiger partial charge >= 0.3 is 12.1 Å². The first-order chi connectivity index (χ1) is 18.2. The highest BCUT2D eigenvalue weighted by Gasteiger charge is 2.33. The number of hydrogen-bond acceptors (Lipinski definition) is 6. The van der Waals surface area contributed by atoms with Crippen LogP contribution in [0.2, 0.25) is 0 Å². The van der Waals surface area contributed by atoms with Crippen molar-refractivity contribution in [2.24, 2.45) is 0 Å². The molecule has 3 rings (SSSR count). The molecule has 0 aliphatic carbocycles. The lowest BCUT2D eigenvalue weighted by molar-refractivity contribution is -0.147. The number of anilines is 2. The highest BCUT2D eigenvalue weighted by molar-refractivity contribution is 5.94. The summed E-state index contributed by atoms with van der Waals surface area (Å²) in [6.45, 7) is -0.750. The molecule has 0 aliphatic heterocycles. The molecule has 2 amide bonds. The number of amides is 2. The van der Waals surface area contributed by atoms with Crippen LogP contribution in [0.1, 0.15) is 24.8 Å². The molecule has 38 heavy (non-hydrogen) atoms. The summed E-state index contributed by atoms with van der Waals surface area (Å²) in [7, 11) is 1.54. The van der Waals surface area contributed by atoms with Gasteiger partial charge in [-0.05, 0) is 55.0 Å². The fourth-order valence-corrected chi connectivity index (χ4v) is 3.30. The summed E-state index contributed by atoms with van der Waals surface area (Å²) in [4.78, 5) is 35.9. The molecular formula is C27H25F3N2O6. The molecule has 0 fully saturated rings. The van der Waals surface area contributed by atoms with E-state index in [4.69, 9.17) is 14.2 Å². The third kappa shape index (κ3) is 8.54. The average molecular weight is 530 g/mol. The zero-order valence-electron chi connectivity index (χ0n) is 20.3. The van der Waals surface area contributed by atoms with E-state index in [0.29, 0.717) is 22.9 Å². The van der Waals surface area contributed by atoms with Crippen molar-refractivity contribution in [3.8, 4) is 17.2 Å². The average Bonchev–Trinajstić information content (AvgIpc) is 2.88. The van der Waals surface area contributed by atoms with Gasteiger partial charge in [-0.2, -0.15) is 13.2 Å². The molecule has 0 bridgehead atoms. The Kier molecular flexibility index (Phi) is 9.69. The number of benzene rings is 3. The first-order valence-electron chi connectivity index (χ1n) is 11.5. The minimum atomic E-state index is -4.65. The predicted molar refractivity (Wildman–Crippen MR) is 133 cm³/mol. The standard InChI is InChI=1S/C27H25F3N2O6/c1-36-22-9-4-5-10-23(22)38-19-15-13-18(14-16-19)31-24(33)11-6-12-26(35)37-17-25(34)32-21-8-3-2-7-20(21)27(28,29)30/h2-5,7-10,13-16H,6,11-12,17H2,1H3,(H,31,33)(H,32,34). The molecule has 0 spiro atoms.